The van der Waals surface area contributed by atoms with Gasteiger partial charge in [0.15, 0.2) is 0 Å². The molecule has 2 fully saturated rings. The van der Waals surface area contributed by atoms with Gasteiger partial charge < -0.3 is 4.74 Å². The zero-order valence-corrected chi connectivity index (χ0v) is 13.4. The van der Waals surface area contributed by atoms with Crippen molar-refractivity contribution in [3.63, 3.8) is 0 Å². The van der Waals surface area contributed by atoms with Crippen molar-refractivity contribution in [2.75, 3.05) is 0 Å². The number of benzene rings is 1. The summed E-state index contributed by atoms with van der Waals surface area (Å²) in [5.41, 5.74) is 0.552. The van der Waals surface area contributed by atoms with Crippen LogP contribution in [0, 0.1) is 23.2 Å². The molecule has 1 aromatic carbocycles. The Bertz CT molecular complexity index is 535. The lowest BCUT2D eigenvalue weighted by atomic mass is 9.75. The second-order valence-electron chi connectivity index (χ2n) is 6.78. The molecule has 0 aliphatic heterocycles. The number of nitrogens with zero attached hydrogens (tertiary/aromatic N) is 1. The van der Waals surface area contributed by atoms with E-state index in [1.54, 1.807) is 6.07 Å². The maximum Gasteiger partial charge on any atom is 0.137 e. The molecule has 0 radical (unpaired) electrons. The van der Waals surface area contributed by atoms with E-state index in [0.717, 1.165) is 25.7 Å². The predicted molar refractivity (Wildman–Crippen MR) is 88.7 cm³/mol. The molecule has 2 aliphatic carbocycles. The molecule has 3 rings (SSSR count). The van der Waals surface area contributed by atoms with Crippen molar-refractivity contribution >= 4 is 0 Å². The molecule has 0 bridgehead atoms. The van der Waals surface area contributed by atoms with Crippen molar-refractivity contribution in [1.82, 2.24) is 0 Å². The van der Waals surface area contributed by atoms with Crippen molar-refractivity contribution < 1.29 is 6.11 Å². The quantitative estimate of drug-likeness (QED) is 0.738. The van der Waals surface area contributed by atoms with Gasteiger partial charge in [-0.3, -0.25) is 0 Å². The minimum atomic E-state index is -0.867. The third-order valence-electron chi connectivity index (χ3n) is 5.25. The number of nitriles is 1. The number of hydrogen-bond donors (Lipinski definition) is 0. The van der Waals surface area contributed by atoms with Gasteiger partial charge in [-0.05, 0) is 49.7 Å². The third kappa shape index (κ3) is 3.64. The summed E-state index contributed by atoms with van der Waals surface area (Å²) >= 11 is 0. The molecule has 0 unspecified atom stereocenters. The minimum Gasteiger partial charge on any atom is -0.488 e. The smallest absolute Gasteiger partial charge is 0.137 e. The van der Waals surface area contributed by atoms with Gasteiger partial charge >= 0.3 is 0 Å². The molecule has 2 saturated carbocycles. The summed E-state index contributed by atoms with van der Waals surface area (Å²) in [5, 5.41) is 9.34. The topological polar surface area (TPSA) is 33.0 Å². The Balaban J connectivity index is 1.89. The lowest BCUT2D eigenvalue weighted by molar-refractivity contribution is 0.0388. The summed E-state index contributed by atoms with van der Waals surface area (Å²) in [6.45, 7) is 0. The molecule has 0 amide bonds. The van der Waals surface area contributed by atoms with Crippen LogP contribution >= 0.6 is 0 Å². The van der Waals surface area contributed by atoms with Crippen molar-refractivity contribution in [2.24, 2.45) is 11.8 Å². The molecule has 0 aromatic heterocycles. The summed E-state index contributed by atoms with van der Waals surface area (Å²) < 4.78 is 15.6. The number of rotatable bonds is 4. The van der Waals surface area contributed by atoms with Crippen LogP contribution < -0.4 is 4.74 Å². The molecule has 0 atom stereocenters. The number of ether oxygens (including phenoxy) is 1. The Kier molecular flexibility index (Phi) is 4.93. The first-order valence-corrected chi connectivity index (χ1v) is 8.92. The molecular weight excluding hydrogens is 270 g/mol. The van der Waals surface area contributed by atoms with Crippen LogP contribution in [-0.2, 0) is 0 Å². The molecule has 1 aromatic rings. The third-order valence-corrected chi connectivity index (χ3v) is 5.25. The van der Waals surface area contributed by atoms with Gasteiger partial charge in [0.05, 0.1) is 6.93 Å². The maximum atomic E-state index is 9.34. The van der Waals surface area contributed by atoms with Gasteiger partial charge in [-0.15, -0.1) is 0 Å². The summed E-state index contributed by atoms with van der Waals surface area (Å²) in [7, 11) is 0. The van der Waals surface area contributed by atoms with Gasteiger partial charge in [0, 0.05) is 0 Å². The number of hydrogen-bond acceptors (Lipinski definition) is 2. The van der Waals surface area contributed by atoms with E-state index in [-0.39, 0.29) is 0 Å². The molecule has 22 heavy (non-hydrogen) atoms. The van der Waals surface area contributed by atoms with Crippen LogP contribution in [0.1, 0.15) is 71.1 Å². The Labute approximate surface area is 135 Å². The first-order chi connectivity index (χ1) is 11.2. The highest BCUT2D eigenvalue weighted by atomic mass is 16.5. The molecule has 2 nitrogen and oxygen atoms in total. The summed E-state index contributed by atoms with van der Waals surface area (Å²) in [6, 6.07) is 9.62. The van der Waals surface area contributed by atoms with Gasteiger partial charge in [-0.2, -0.15) is 5.26 Å². The van der Waals surface area contributed by atoms with Gasteiger partial charge in [0.1, 0.15) is 17.9 Å². The minimum absolute atomic E-state index is 0.297. The fourth-order valence-electron chi connectivity index (χ4n) is 4.05. The van der Waals surface area contributed by atoms with E-state index >= 15 is 0 Å². The first-order valence-electron chi connectivity index (χ1n) is 9.42. The lowest BCUT2D eigenvalue weighted by Gasteiger charge is -2.38. The second kappa shape index (κ2) is 7.68. The molecule has 118 valence electrons. The van der Waals surface area contributed by atoms with Crippen LogP contribution in [0.15, 0.2) is 24.3 Å². The van der Waals surface area contributed by atoms with Crippen molar-refractivity contribution in [3.05, 3.63) is 29.8 Å². The van der Waals surface area contributed by atoms with E-state index in [1.165, 1.54) is 38.5 Å². The van der Waals surface area contributed by atoms with Gasteiger partial charge in [-0.25, -0.2) is 0 Å². The van der Waals surface area contributed by atoms with Gasteiger partial charge in [-0.1, -0.05) is 50.7 Å². The summed E-state index contributed by atoms with van der Waals surface area (Å²) in [5.74, 6) is 1.19. The molecular formula is C20H27NO. The van der Waals surface area contributed by atoms with E-state index in [0.29, 0.717) is 23.1 Å². The monoisotopic (exact) mass is 298 g/mol. The fourth-order valence-corrected chi connectivity index (χ4v) is 4.05. The van der Waals surface area contributed by atoms with E-state index in [1.807, 2.05) is 18.2 Å². The van der Waals surface area contributed by atoms with Crippen LogP contribution in [0.3, 0.4) is 0 Å². The zero-order chi connectivity index (χ0) is 16.1. The highest BCUT2D eigenvalue weighted by Crippen LogP contribution is 2.38. The molecule has 0 heterocycles. The van der Waals surface area contributed by atoms with Crippen LogP contribution in [-0.4, -0.2) is 6.08 Å². The average Bonchev–Trinajstić information content (AvgIpc) is 2.63. The van der Waals surface area contributed by atoms with Gasteiger partial charge in [0.25, 0.3) is 0 Å². The Morgan fingerprint density at radius 1 is 0.955 bits per heavy atom. The first kappa shape index (κ1) is 14.1. The molecule has 2 aliphatic rings. The molecule has 0 N–H and O–H groups in total. The van der Waals surface area contributed by atoms with Crippen LogP contribution in [0.4, 0.5) is 0 Å². The fraction of sp³-hybridized carbons (Fsp3) is 0.650. The summed E-state index contributed by atoms with van der Waals surface area (Å²) in [4.78, 5) is 0. The van der Waals surface area contributed by atoms with Crippen molar-refractivity contribution in [2.45, 2.75) is 70.3 Å². The van der Waals surface area contributed by atoms with Crippen molar-refractivity contribution in [3.8, 4) is 11.8 Å². The molecule has 0 saturated heterocycles. The molecule has 0 spiro atoms. The van der Waals surface area contributed by atoms with Crippen LogP contribution in [0.2, 0.25) is 0 Å². The normalized spacial score (nSPS) is 21.9. The second-order valence-corrected chi connectivity index (χ2v) is 6.78. The lowest BCUT2D eigenvalue weighted by Crippen LogP contribution is -2.37. The highest BCUT2D eigenvalue weighted by Gasteiger charge is 2.33. The average molecular weight is 298 g/mol. The van der Waals surface area contributed by atoms with E-state index in [9.17, 15) is 6.63 Å². The van der Waals surface area contributed by atoms with Crippen molar-refractivity contribution in [1.29, 1.82) is 5.26 Å². The van der Waals surface area contributed by atoms with Crippen LogP contribution in [0.25, 0.3) is 0 Å². The van der Waals surface area contributed by atoms with Crippen LogP contribution in [0.5, 0.6) is 5.75 Å². The van der Waals surface area contributed by atoms with E-state index < -0.39 is 6.08 Å². The Morgan fingerprint density at radius 2 is 1.50 bits per heavy atom. The SMILES string of the molecule is [2H]C(Oc1ccccc1C#N)(C1CCCCC1)C1CCCCC1. The largest absolute Gasteiger partial charge is 0.488 e. The predicted octanol–water partition coefficient (Wildman–Crippen LogP) is 5.47. The summed E-state index contributed by atoms with van der Waals surface area (Å²) in [6.07, 6.45) is 10.9. The standard InChI is InChI=1S/C20H27NO/c21-15-18-13-7-8-14-19(18)22-20(16-9-3-1-4-10-16)17-11-5-2-6-12-17/h7-8,13-14,16-17,20H,1-6,9-12H2/i20D. The molecule has 2 heteroatoms. The number of para-hydroxylation sites is 1. The maximum absolute atomic E-state index is 9.34. The highest BCUT2D eigenvalue weighted by molar-refractivity contribution is 5.42. The van der Waals surface area contributed by atoms with E-state index in [2.05, 4.69) is 6.07 Å². The van der Waals surface area contributed by atoms with Gasteiger partial charge in [0.2, 0.25) is 0 Å². The van der Waals surface area contributed by atoms with E-state index in [4.69, 9.17) is 4.74 Å². The zero-order valence-electron chi connectivity index (χ0n) is 14.4. The Morgan fingerprint density at radius 3 is 2.05 bits per heavy atom. The Hall–Kier alpha value is -1.49.